The summed E-state index contributed by atoms with van der Waals surface area (Å²) in [7, 11) is -4.35. The third-order valence-corrected chi connectivity index (χ3v) is 19.7. The molecule has 2 aromatic carbocycles. The van der Waals surface area contributed by atoms with Gasteiger partial charge in [0.15, 0.2) is 8.32 Å². The van der Waals surface area contributed by atoms with Crippen molar-refractivity contribution in [3.05, 3.63) is 88.7 Å². The number of anilines is 1. The molecule has 3 aliphatic carbocycles. The molecule has 4 aliphatic rings. The Labute approximate surface area is 333 Å². The fraction of sp³-hybridized carbons (Fsp3) is 0.558. The predicted molar refractivity (Wildman–Crippen MR) is 219 cm³/mol. The maximum atomic E-state index is 13.2. The Balaban J connectivity index is 1.17. The van der Waals surface area contributed by atoms with Crippen molar-refractivity contribution < 1.29 is 27.1 Å². The van der Waals surface area contributed by atoms with E-state index in [0.717, 1.165) is 74.5 Å². The lowest BCUT2D eigenvalue weighted by Gasteiger charge is -2.48. The van der Waals surface area contributed by atoms with Crippen molar-refractivity contribution in [1.29, 1.82) is 0 Å². The molecule has 7 rings (SSSR count). The number of benzene rings is 2. The van der Waals surface area contributed by atoms with Crippen molar-refractivity contribution in [2.24, 2.45) is 23.7 Å². The van der Waals surface area contributed by atoms with Gasteiger partial charge in [-0.2, -0.15) is 0 Å². The second kappa shape index (κ2) is 15.6. The third-order valence-electron chi connectivity index (χ3n) is 13.3. The summed E-state index contributed by atoms with van der Waals surface area (Å²) < 4.78 is 45.5. The highest BCUT2D eigenvalue weighted by Gasteiger charge is 2.47. The molecule has 2 saturated carbocycles. The lowest BCUT2D eigenvalue weighted by atomic mass is 9.68. The Bertz CT molecular complexity index is 2020. The number of halogens is 1. The van der Waals surface area contributed by atoms with Gasteiger partial charge in [0.25, 0.3) is 0 Å². The number of allylic oxidation sites excluding steroid dienone is 1. The number of carbonyl (C=O) groups excluding carboxylic acids is 1. The molecule has 0 N–H and O–H groups in total. The van der Waals surface area contributed by atoms with Crippen molar-refractivity contribution in [3.63, 3.8) is 0 Å². The van der Waals surface area contributed by atoms with E-state index in [-0.39, 0.29) is 51.2 Å². The van der Waals surface area contributed by atoms with Gasteiger partial charge in [0.1, 0.15) is 5.75 Å². The Morgan fingerprint density at radius 1 is 1.09 bits per heavy atom. The molecule has 12 heteroatoms. The zero-order valence-corrected chi connectivity index (χ0v) is 35.7. The molecule has 1 spiro atoms. The Morgan fingerprint density at radius 2 is 1.85 bits per heavy atom. The van der Waals surface area contributed by atoms with E-state index >= 15 is 0 Å². The minimum absolute atomic E-state index is 0.0239. The number of rotatable bonds is 11. The average Bonchev–Trinajstić information content (AvgIpc) is 3.28. The molecule has 55 heavy (non-hydrogen) atoms. The fourth-order valence-corrected chi connectivity index (χ4v) is 11.8. The summed E-state index contributed by atoms with van der Waals surface area (Å²) in [5.74, 6) is 1.27. The second-order valence-electron chi connectivity index (χ2n) is 17.8. The lowest BCUT2D eigenvalue weighted by molar-refractivity contribution is 0.0519. The summed E-state index contributed by atoms with van der Waals surface area (Å²) in [6.07, 6.45) is 14.4. The first-order chi connectivity index (χ1) is 26.1. The van der Waals surface area contributed by atoms with Crippen LogP contribution in [0, 0.1) is 23.7 Å². The number of aromatic nitrogens is 2. The largest absolute Gasteiger partial charge is 0.490 e. The van der Waals surface area contributed by atoms with Gasteiger partial charge in [-0.1, -0.05) is 50.6 Å². The van der Waals surface area contributed by atoms with E-state index in [0.29, 0.717) is 18.1 Å². The predicted octanol–water partition coefficient (Wildman–Crippen LogP) is 8.86. The summed E-state index contributed by atoms with van der Waals surface area (Å²) >= 11 is 6.50. The maximum Gasteiger partial charge on any atom is 0.337 e. The molecule has 1 unspecified atom stereocenters. The zero-order chi connectivity index (χ0) is 39.2. The van der Waals surface area contributed by atoms with Crippen LogP contribution >= 0.6 is 11.6 Å². The van der Waals surface area contributed by atoms with Gasteiger partial charge in [-0.05, 0) is 134 Å². The van der Waals surface area contributed by atoms with Gasteiger partial charge < -0.3 is 18.8 Å². The standard InChI is InChI=1S/C43H56ClN3O6SSi/c1-42(2,3)55(5,6)53-38(18-13-29-10-11-33(29)26-54(49,50)41-45-21-8-22-46-41)35-16-12-32(35)25-47-27-43(20-7-9-30-23-34(44)15-17-36(30)43)28-52-39-19-14-31(24-37(39)47)40(48)51-4/h8,13-15,17-19,21-24,29,32-33,35,38H,7,9-12,16,20,25-28H2,1-6H3/b18-13-/t29-,32-,33-,35+,38?,43-/m0/s1. The molecule has 2 fully saturated rings. The highest BCUT2D eigenvalue weighted by molar-refractivity contribution is 7.91. The quantitative estimate of drug-likeness (QED) is 0.0813. The smallest absolute Gasteiger partial charge is 0.337 e. The molecule has 296 valence electrons. The number of nitrogens with zero attached hydrogens (tertiary/aromatic N) is 3. The van der Waals surface area contributed by atoms with Gasteiger partial charge in [0, 0.05) is 35.9 Å². The molecule has 0 amide bonds. The molecular weight excluding hydrogens is 750 g/mol. The van der Waals surface area contributed by atoms with Crippen molar-refractivity contribution in [2.45, 2.75) is 101 Å². The lowest BCUT2D eigenvalue weighted by Crippen LogP contribution is -2.52. The molecule has 0 saturated heterocycles. The number of fused-ring (bicyclic) bond motifs is 3. The topological polar surface area (TPSA) is 108 Å². The molecule has 0 bridgehead atoms. The maximum absolute atomic E-state index is 13.2. The highest BCUT2D eigenvalue weighted by Crippen LogP contribution is 2.49. The number of carbonyl (C=O) groups is 1. The van der Waals surface area contributed by atoms with E-state index in [4.69, 9.17) is 25.5 Å². The summed E-state index contributed by atoms with van der Waals surface area (Å²) in [4.78, 5) is 23.3. The van der Waals surface area contributed by atoms with Crippen molar-refractivity contribution in [1.82, 2.24) is 9.97 Å². The van der Waals surface area contributed by atoms with Crippen LogP contribution in [0.3, 0.4) is 0 Å². The Kier molecular flexibility index (Phi) is 11.3. The third kappa shape index (κ3) is 8.27. The molecule has 0 radical (unpaired) electrons. The van der Waals surface area contributed by atoms with Gasteiger partial charge in [0.2, 0.25) is 15.0 Å². The van der Waals surface area contributed by atoms with Crippen molar-refractivity contribution >= 4 is 41.4 Å². The highest BCUT2D eigenvalue weighted by atomic mass is 35.5. The first-order valence-corrected chi connectivity index (χ1v) is 24.8. The van der Waals surface area contributed by atoms with Crippen LogP contribution in [0.25, 0.3) is 0 Å². The summed E-state index contributed by atoms with van der Waals surface area (Å²) in [5, 5.41) is 0.685. The van der Waals surface area contributed by atoms with E-state index in [9.17, 15) is 13.2 Å². The molecule has 9 nitrogen and oxygen atoms in total. The fourth-order valence-electron chi connectivity index (χ4n) is 8.79. The van der Waals surface area contributed by atoms with Crippen LogP contribution in [0.1, 0.15) is 80.8 Å². The van der Waals surface area contributed by atoms with Gasteiger partial charge in [0.05, 0.1) is 36.8 Å². The van der Waals surface area contributed by atoms with E-state index in [2.05, 4.69) is 73.0 Å². The van der Waals surface area contributed by atoms with Crippen LogP contribution in [-0.2, 0) is 30.8 Å². The Morgan fingerprint density at radius 3 is 2.53 bits per heavy atom. The molecule has 2 heterocycles. The second-order valence-corrected chi connectivity index (χ2v) is 24.9. The summed E-state index contributed by atoms with van der Waals surface area (Å²) in [6.45, 7) is 13.6. The van der Waals surface area contributed by atoms with Gasteiger partial charge in [-0.15, -0.1) is 0 Å². The summed E-state index contributed by atoms with van der Waals surface area (Å²) in [5.41, 5.74) is 3.78. The molecule has 1 aromatic heterocycles. The number of aryl methyl sites for hydroxylation is 1. The van der Waals surface area contributed by atoms with Crippen LogP contribution in [0.5, 0.6) is 5.75 Å². The van der Waals surface area contributed by atoms with Crippen LogP contribution in [0.2, 0.25) is 23.2 Å². The average molecular weight is 807 g/mol. The van der Waals surface area contributed by atoms with Gasteiger partial charge in [-0.3, -0.25) is 0 Å². The van der Waals surface area contributed by atoms with E-state index in [1.165, 1.54) is 30.6 Å². The number of hydrogen-bond donors (Lipinski definition) is 0. The minimum Gasteiger partial charge on any atom is -0.490 e. The normalized spacial score (nSPS) is 25.9. The van der Waals surface area contributed by atoms with E-state index < -0.39 is 18.2 Å². The van der Waals surface area contributed by atoms with Crippen LogP contribution in [-0.4, -0.2) is 71.3 Å². The molecular formula is C43H56ClN3O6SSi. The first-order valence-electron chi connectivity index (χ1n) is 19.8. The summed E-state index contributed by atoms with van der Waals surface area (Å²) in [6, 6.07) is 13.6. The Hall–Kier alpha value is -3.25. The van der Waals surface area contributed by atoms with Gasteiger partial charge in [-0.25, -0.2) is 23.2 Å². The van der Waals surface area contributed by atoms with Gasteiger partial charge >= 0.3 is 5.97 Å². The van der Waals surface area contributed by atoms with E-state index in [1.54, 1.807) is 12.1 Å². The molecule has 1 aliphatic heterocycles. The molecule has 3 aromatic rings. The van der Waals surface area contributed by atoms with Crippen molar-refractivity contribution in [2.75, 3.05) is 37.5 Å². The zero-order valence-electron chi connectivity index (χ0n) is 33.1. The first kappa shape index (κ1) is 40.0. The van der Waals surface area contributed by atoms with Crippen LogP contribution in [0.4, 0.5) is 5.69 Å². The van der Waals surface area contributed by atoms with Crippen LogP contribution < -0.4 is 9.64 Å². The van der Waals surface area contributed by atoms with Crippen molar-refractivity contribution in [3.8, 4) is 5.75 Å². The number of hydrogen-bond acceptors (Lipinski definition) is 9. The number of methoxy groups -OCH3 is 1. The monoisotopic (exact) mass is 805 g/mol. The molecule has 6 atom stereocenters. The number of sulfone groups is 1. The number of esters is 1. The van der Waals surface area contributed by atoms with E-state index in [1.807, 2.05) is 18.2 Å². The SMILES string of the molecule is COC(=O)c1ccc2c(c1)N(C[C@@H]1CC[C@H]1C(/C=C\[C@@H]1CC[C@H]1CS(=O)(=O)c1ncccn1)O[Si](C)(C)C(C)(C)C)C[C@@]1(CCCc3cc(Cl)ccc31)CO2. The number of ether oxygens (including phenoxy) is 2. The minimum atomic E-state index is -3.58. The van der Waals surface area contributed by atoms with Crippen LogP contribution in [0.15, 0.2) is 72.2 Å².